The van der Waals surface area contributed by atoms with E-state index in [1.807, 2.05) is 0 Å². The number of hydrogen-bond donors (Lipinski definition) is 2. The molecule has 0 aromatic carbocycles. The van der Waals surface area contributed by atoms with Gasteiger partial charge in [0.25, 0.3) is 5.17 Å². The Labute approximate surface area is 129 Å². The van der Waals surface area contributed by atoms with Crippen LogP contribution in [0.25, 0.3) is 0 Å². The molecule has 0 bridgehead atoms. The summed E-state index contributed by atoms with van der Waals surface area (Å²) in [5.74, 6) is 5.76. The number of rotatable bonds is 4. The SMILES string of the molecule is CC(C)(C)[Si](C)(C)O[C@H]1CC[C@H](COC(=S)NN)CC1. The lowest BCUT2D eigenvalue weighted by Gasteiger charge is -2.41. The summed E-state index contributed by atoms with van der Waals surface area (Å²) in [6.07, 6.45) is 4.97. The fraction of sp³-hybridized carbons (Fsp3) is 0.929. The number of ether oxygens (including phenoxy) is 1. The van der Waals surface area contributed by atoms with Crippen LogP contribution in [0, 0.1) is 5.92 Å². The number of thiocarbonyl (C=S) groups is 1. The molecule has 1 aliphatic rings. The van der Waals surface area contributed by atoms with Gasteiger partial charge in [0.2, 0.25) is 0 Å². The van der Waals surface area contributed by atoms with Gasteiger partial charge in [-0.25, -0.2) is 5.84 Å². The average molecular weight is 319 g/mol. The molecular weight excluding hydrogens is 288 g/mol. The highest BCUT2D eigenvalue weighted by Gasteiger charge is 2.39. The molecule has 1 fully saturated rings. The van der Waals surface area contributed by atoms with Crippen molar-refractivity contribution in [2.45, 2.75) is 70.7 Å². The van der Waals surface area contributed by atoms with Gasteiger partial charge in [-0.2, -0.15) is 0 Å². The lowest BCUT2D eigenvalue weighted by atomic mass is 9.88. The summed E-state index contributed by atoms with van der Waals surface area (Å²) in [6.45, 7) is 12.2. The molecule has 0 aromatic rings. The van der Waals surface area contributed by atoms with Crippen molar-refractivity contribution in [3.05, 3.63) is 0 Å². The first kappa shape index (κ1) is 17.9. The summed E-state index contributed by atoms with van der Waals surface area (Å²) in [6, 6.07) is 0. The summed E-state index contributed by atoms with van der Waals surface area (Å²) in [5, 5.41) is 0.566. The normalized spacial score (nSPS) is 24.3. The molecule has 6 heteroatoms. The lowest BCUT2D eigenvalue weighted by molar-refractivity contribution is 0.0961. The molecule has 0 aliphatic heterocycles. The molecule has 1 rings (SSSR count). The summed E-state index contributed by atoms with van der Waals surface area (Å²) < 4.78 is 11.9. The van der Waals surface area contributed by atoms with Gasteiger partial charge in [0.15, 0.2) is 8.32 Å². The van der Waals surface area contributed by atoms with Crippen LogP contribution >= 0.6 is 12.2 Å². The molecule has 0 radical (unpaired) electrons. The van der Waals surface area contributed by atoms with Gasteiger partial charge in [0, 0.05) is 6.10 Å². The first-order valence-electron chi connectivity index (χ1n) is 7.47. The van der Waals surface area contributed by atoms with Crippen LogP contribution in [0.4, 0.5) is 0 Å². The summed E-state index contributed by atoms with van der Waals surface area (Å²) >= 11 is 4.88. The van der Waals surface area contributed by atoms with E-state index in [1.165, 1.54) is 0 Å². The van der Waals surface area contributed by atoms with Crippen LogP contribution in [0.5, 0.6) is 0 Å². The van der Waals surface area contributed by atoms with Crippen molar-refractivity contribution in [1.29, 1.82) is 0 Å². The van der Waals surface area contributed by atoms with E-state index in [0.717, 1.165) is 25.7 Å². The quantitative estimate of drug-likeness (QED) is 0.360. The highest BCUT2D eigenvalue weighted by Crippen LogP contribution is 2.39. The molecule has 0 spiro atoms. The zero-order valence-electron chi connectivity index (χ0n) is 13.5. The second kappa shape index (κ2) is 7.20. The van der Waals surface area contributed by atoms with Crippen molar-refractivity contribution >= 4 is 25.7 Å². The second-order valence-electron chi connectivity index (χ2n) is 7.26. The van der Waals surface area contributed by atoms with Crippen molar-refractivity contribution in [2.24, 2.45) is 11.8 Å². The van der Waals surface area contributed by atoms with E-state index in [2.05, 4.69) is 39.3 Å². The number of nitrogens with one attached hydrogen (secondary N) is 1. The minimum atomic E-state index is -1.64. The smallest absolute Gasteiger partial charge is 0.271 e. The van der Waals surface area contributed by atoms with Gasteiger partial charge in [0.1, 0.15) is 0 Å². The predicted molar refractivity (Wildman–Crippen MR) is 89.9 cm³/mol. The highest BCUT2D eigenvalue weighted by atomic mass is 32.1. The first-order valence-corrected chi connectivity index (χ1v) is 10.8. The van der Waals surface area contributed by atoms with E-state index in [1.54, 1.807) is 0 Å². The molecule has 3 N–H and O–H groups in total. The largest absolute Gasteiger partial charge is 0.470 e. The predicted octanol–water partition coefficient (Wildman–Crippen LogP) is 3.33. The van der Waals surface area contributed by atoms with Crippen LogP contribution in [0.1, 0.15) is 46.5 Å². The van der Waals surface area contributed by atoms with Gasteiger partial charge in [0.05, 0.1) is 6.61 Å². The molecule has 118 valence electrons. The van der Waals surface area contributed by atoms with E-state index in [4.69, 9.17) is 27.2 Å². The molecule has 0 atom stereocenters. The Kier molecular flexibility index (Phi) is 6.44. The Morgan fingerprint density at radius 2 is 1.80 bits per heavy atom. The van der Waals surface area contributed by atoms with Crippen molar-refractivity contribution in [2.75, 3.05) is 6.61 Å². The van der Waals surface area contributed by atoms with Crippen molar-refractivity contribution < 1.29 is 9.16 Å². The zero-order chi connectivity index (χ0) is 15.4. The van der Waals surface area contributed by atoms with Gasteiger partial charge in [-0.3, -0.25) is 5.43 Å². The zero-order valence-corrected chi connectivity index (χ0v) is 15.3. The third kappa shape index (κ3) is 5.31. The standard InChI is InChI=1S/C14H30N2O2SSi/c1-14(2,3)20(4,5)18-12-8-6-11(7-9-12)10-17-13(19)16-15/h11-12H,6-10,15H2,1-5H3,(H,16,19)/t11-,12-. The molecule has 0 heterocycles. The van der Waals surface area contributed by atoms with Gasteiger partial charge in [-0.1, -0.05) is 20.8 Å². The Hall–Kier alpha value is -0.173. The number of hydrogen-bond acceptors (Lipinski definition) is 4. The Morgan fingerprint density at radius 1 is 1.25 bits per heavy atom. The highest BCUT2D eigenvalue weighted by molar-refractivity contribution is 7.80. The van der Waals surface area contributed by atoms with E-state index in [-0.39, 0.29) is 10.2 Å². The maximum Gasteiger partial charge on any atom is 0.271 e. The average Bonchev–Trinajstić information content (AvgIpc) is 2.35. The fourth-order valence-corrected chi connectivity index (χ4v) is 3.74. The van der Waals surface area contributed by atoms with Crippen LogP contribution in [-0.4, -0.2) is 26.2 Å². The Bertz CT molecular complexity index is 324. The molecule has 1 aliphatic carbocycles. The van der Waals surface area contributed by atoms with E-state index < -0.39 is 8.32 Å². The minimum Gasteiger partial charge on any atom is -0.470 e. The van der Waals surface area contributed by atoms with Crippen LogP contribution in [0.2, 0.25) is 18.1 Å². The summed E-state index contributed by atoms with van der Waals surface area (Å²) in [7, 11) is -1.64. The van der Waals surface area contributed by atoms with Crippen molar-refractivity contribution in [3.8, 4) is 0 Å². The van der Waals surface area contributed by atoms with Crippen LogP contribution in [0.15, 0.2) is 0 Å². The maximum atomic E-state index is 6.48. The van der Waals surface area contributed by atoms with E-state index >= 15 is 0 Å². The molecule has 0 aromatic heterocycles. The Morgan fingerprint density at radius 3 is 2.25 bits per heavy atom. The molecule has 20 heavy (non-hydrogen) atoms. The molecule has 0 saturated heterocycles. The van der Waals surface area contributed by atoms with Crippen LogP contribution < -0.4 is 11.3 Å². The second-order valence-corrected chi connectivity index (χ2v) is 12.4. The molecular formula is C14H30N2O2SSi. The van der Waals surface area contributed by atoms with Gasteiger partial charge < -0.3 is 9.16 Å². The minimum absolute atomic E-state index is 0.282. The third-order valence-corrected chi connectivity index (χ3v) is 9.40. The fourth-order valence-electron chi connectivity index (χ4n) is 2.25. The van der Waals surface area contributed by atoms with Crippen LogP contribution in [-0.2, 0) is 9.16 Å². The number of hydrazine groups is 1. The monoisotopic (exact) mass is 318 g/mol. The molecule has 1 saturated carbocycles. The summed E-state index contributed by atoms with van der Waals surface area (Å²) in [4.78, 5) is 0. The molecule has 0 unspecified atom stereocenters. The first-order chi connectivity index (χ1) is 9.15. The van der Waals surface area contributed by atoms with Crippen molar-refractivity contribution in [1.82, 2.24) is 5.43 Å². The topological polar surface area (TPSA) is 56.5 Å². The maximum absolute atomic E-state index is 6.48. The van der Waals surface area contributed by atoms with Gasteiger partial charge in [-0.15, -0.1) is 0 Å². The number of nitrogens with two attached hydrogens (primary N) is 1. The third-order valence-electron chi connectivity index (χ3n) is 4.63. The van der Waals surface area contributed by atoms with Gasteiger partial charge >= 0.3 is 0 Å². The van der Waals surface area contributed by atoms with E-state index in [9.17, 15) is 0 Å². The molecule has 0 amide bonds. The lowest BCUT2D eigenvalue weighted by Crippen LogP contribution is -2.44. The van der Waals surface area contributed by atoms with Crippen LogP contribution in [0.3, 0.4) is 0 Å². The van der Waals surface area contributed by atoms with Crippen molar-refractivity contribution in [3.63, 3.8) is 0 Å². The molecule has 4 nitrogen and oxygen atoms in total. The van der Waals surface area contributed by atoms with Gasteiger partial charge in [-0.05, 0) is 62.0 Å². The summed E-state index contributed by atoms with van der Waals surface area (Å²) in [5.41, 5.74) is 2.35. The Balaban J connectivity index is 2.34. The van der Waals surface area contributed by atoms with E-state index in [0.29, 0.717) is 18.6 Å².